The number of carboxylic acids is 1. The van der Waals surface area contributed by atoms with Crippen molar-refractivity contribution in [1.82, 2.24) is 37.2 Å². The van der Waals surface area contributed by atoms with E-state index in [1.807, 2.05) is 70.2 Å². The molecule has 2 aromatic rings. The average Bonchev–Trinajstić information content (AvgIpc) is 3.93. The molecule has 4 rings (SSSR count). The molecule has 2 aliphatic rings. The van der Waals surface area contributed by atoms with Crippen LogP contribution in [0.1, 0.15) is 97.1 Å². The van der Waals surface area contributed by atoms with Gasteiger partial charge in [-0.15, -0.1) is 0 Å². The SMILES string of the molecule is CNC(CC1CNc2ccccc21)C(=O)NC(C(=O)NC(C(=O)NC(C)CO)C(C)C)C(C)C.CSCC(N)C(=O)NC(C)C(=O)NC(CCC(=O)O)C(=O)NC(CC1CNc2ccccc21)C(C)=O. The van der Waals surface area contributed by atoms with Gasteiger partial charge in [-0.1, -0.05) is 64.1 Å². The predicted octanol–water partition coefficient (Wildman–Crippen LogP) is 1.16. The Balaban J connectivity index is 0.000000371. The predicted molar refractivity (Wildman–Crippen MR) is 271 cm³/mol. The number of aliphatic hydroxyl groups is 1. The Morgan fingerprint density at radius 1 is 0.657 bits per heavy atom. The summed E-state index contributed by atoms with van der Waals surface area (Å²) >= 11 is 1.39. The number of rotatable bonds is 26. The van der Waals surface area contributed by atoms with Crippen LogP contribution in [0.3, 0.4) is 0 Å². The molecule has 2 heterocycles. The number of anilines is 2. The number of nitrogens with one attached hydrogen (secondary N) is 9. The molecule has 0 spiro atoms. The molecule has 0 aromatic heterocycles. The molecule has 2 aliphatic heterocycles. The molecule has 2 aromatic carbocycles. The minimum atomic E-state index is -1.20. The van der Waals surface area contributed by atoms with Crippen LogP contribution in [0.25, 0.3) is 0 Å². The highest BCUT2D eigenvalue weighted by molar-refractivity contribution is 7.98. The molecule has 13 N–H and O–H groups in total. The largest absolute Gasteiger partial charge is 0.481 e. The first-order valence-corrected chi connectivity index (χ1v) is 25.2. The van der Waals surface area contributed by atoms with E-state index in [4.69, 9.17) is 10.8 Å². The Kier molecular flexibility index (Phi) is 24.1. The van der Waals surface area contributed by atoms with E-state index in [2.05, 4.69) is 53.9 Å². The molecule has 6 amide bonds. The molecule has 0 fully saturated rings. The molecular formula is C49H76N10O10S. The van der Waals surface area contributed by atoms with Crippen LogP contribution in [-0.4, -0.2) is 144 Å². The fraction of sp³-hybridized carbons (Fsp3) is 0.592. The smallest absolute Gasteiger partial charge is 0.303 e. The maximum absolute atomic E-state index is 13.2. The maximum Gasteiger partial charge on any atom is 0.303 e. The Bertz CT molecular complexity index is 2110. The number of carboxylic acid groups (broad SMARTS) is 1. The number of Topliss-reactive ketones (excluding diaryl/α,β-unsaturated/α-hetero) is 1. The number of fused-ring (bicyclic) bond motifs is 2. The number of thioether (sulfide) groups is 1. The number of benzene rings is 2. The van der Waals surface area contributed by atoms with Crippen molar-refractivity contribution in [2.75, 3.05) is 49.4 Å². The van der Waals surface area contributed by atoms with Gasteiger partial charge >= 0.3 is 5.97 Å². The van der Waals surface area contributed by atoms with E-state index in [1.54, 1.807) is 20.2 Å². The number of likely N-dealkylation sites (N-methyl/N-ethyl adjacent to an activating group) is 1. The van der Waals surface area contributed by atoms with Crippen molar-refractivity contribution in [2.24, 2.45) is 17.6 Å². The van der Waals surface area contributed by atoms with E-state index in [0.717, 1.165) is 23.5 Å². The van der Waals surface area contributed by atoms with Crippen molar-refractivity contribution >= 4 is 70.3 Å². The molecule has 0 saturated heterocycles. The number of amides is 6. The van der Waals surface area contributed by atoms with Crippen LogP contribution in [0.5, 0.6) is 0 Å². The van der Waals surface area contributed by atoms with Crippen molar-refractivity contribution in [3.63, 3.8) is 0 Å². The molecule has 10 atom stereocenters. The normalized spacial score (nSPS) is 18.0. The highest BCUT2D eigenvalue weighted by atomic mass is 32.2. The molecule has 70 heavy (non-hydrogen) atoms. The summed E-state index contributed by atoms with van der Waals surface area (Å²) in [6, 6.07) is 9.54. The molecule has 388 valence electrons. The molecule has 21 heteroatoms. The first kappa shape index (κ1) is 58.5. The number of hydrogen-bond donors (Lipinski definition) is 12. The van der Waals surface area contributed by atoms with Crippen molar-refractivity contribution in [3.8, 4) is 0 Å². The Hall–Kier alpha value is -5.77. The summed E-state index contributed by atoms with van der Waals surface area (Å²) in [4.78, 5) is 100. The minimum absolute atomic E-state index is 0.00295. The van der Waals surface area contributed by atoms with E-state index < -0.39 is 77.9 Å². The summed E-state index contributed by atoms with van der Waals surface area (Å²) in [6.07, 6.45) is 2.19. The van der Waals surface area contributed by atoms with Crippen LogP contribution in [0.15, 0.2) is 48.5 Å². The summed E-state index contributed by atoms with van der Waals surface area (Å²) in [5.74, 6) is -4.03. The lowest BCUT2D eigenvalue weighted by Crippen LogP contribution is -2.59. The van der Waals surface area contributed by atoms with Crippen LogP contribution < -0.4 is 53.6 Å². The van der Waals surface area contributed by atoms with Crippen molar-refractivity contribution in [3.05, 3.63) is 59.7 Å². The second-order valence-electron chi connectivity index (χ2n) is 18.7. The monoisotopic (exact) mass is 997 g/mol. The summed E-state index contributed by atoms with van der Waals surface area (Å²) in [5.41, 5.74) is 10.1. The van der Waals surface area contributed by atoms with Gasteiger partial charge in [0.2, 0.25) is 35.4 Å². The number of nitrogens with two attached hydrogens (primary N) is 1. The van der Waals surface area contributed by atoms with Gasteiger partial charge in [-0.25, -0.2) is 0 Å². The number of carbonyl (C=O) groups is 8. The van der Waals surface area contributed by atoms with Gasteiger partial charge in [-0.05, 0) is 88.4 Å². The van der Waals surface area contributed by atoms with Crippen LogP contribution in [0.4, 0.5) is 11.4 Å². The Morgan fingerprint density at radius 2 is 1.13 bits per heavy atom. The summed E-state index contributed by atoms with van der Waals surface area (Å²) in [7, 11) is 1.74. The Labute approximate surface area is 415 Å². The van der Waals surface area contributed by atoms with Gasteiger partial charge in [0, 0.05) is 54.5 Å². The fourth-order valence-corrected chi connectivity index (χ4v) is 8.59. The van der Waals surface area contributed by atoms with Gasteiger partial charge in [0.15, 0.2) is 5.78 Å². The zero-order valence-electron chi connectivity index (χ0n) is 41.8. The fourth-order valence-electron chi connectivity index (χ4n) is 8.08. The third-order valence-electron chi connectivity index (χ3n) is 12.3. The van der Waals surface area contributed by atoms with Crippen molar-refractivity contribution in [2.45, 2.75) is 134 Å². The third-order valence-corrected chi connectivity index (χ3v) is 13.0. The molecule has 20 nitrogen and oxygen atoms in total. The second kappa shape index (κ2) is 28.8. The summed E-state index contributed by atoms with van der Waals surface area (Å²) in [5, 5.41) is 44.1. The molecule has 0 bridgehead atoms. The lowest BCUT2D eigenvalue weighted by atomic mass is 9.92. The van der Waals surface area contributed by atoms with E-state index in [0.29, 0.717) is 25.1 Å². The maximum atomic E-state index is 13.2. The lowest BCUT2D eigenvalue weighted by Gasteiger charge is -2.29. The molecule has 0 saturated carbocycles. The first-order valence-electron chi connectivity index (χ1n) is 23.8. The lowest BCUT2D eigenvalue weighted by molar-refractivity contribution is -0.138. The van der Waals surface area contributed by atoms with Gasteiger partial charge in [0.1, 0.15) is 24.2 Å². The van der Waals surface area contributed by atoms with Crippen LogP contribution in [0, 0.1) is 11.8 Å². The van der Waals surface area contributed by atoms with Gasteiger partial charge in [-0.3, -0.25) is 38.4 Å². The zero-order chi connectivity index (χ0) is 52.2. The molecular weight excluding hydrogens is 921 g/mol. The van der Waals surface area contributed by atoms with Gasteiger partial charge in [0.25, 0.3) is 0 Å². The van der Waals surface area contributed by atoms with Gasteiger partial charge in [0.05, 0.1) is 24.7 Å². The summed E-state index contributed by atoms with van der Waals surface area (Å²) in [6.45, 7) is 13.1. The number of aliphatic carboxylic acids is 1. The number of carbonyl (C=O) groups excluding carboxylic acids is 7. The highest BCUT2D eigenvalue weighted by Crippen LogP contribution is 2.35. The van der Waals surface area contributed by atoms with E-state index in [1.165, 1.54) is 31.2 Å². The van der Waals surface area contributed by atoms with E-state index >= 15 is 0 Å². The number of ketones is 1. The quantitative estimate of drug-likeness (QED) is 0.0630. The van der Waals surface area contributed by atoms with E-state index in [-0.39, 0.29) is 60.7 Å². The molecule has 0 radical (unpaired) electrons. The number of hydrogen-bond acceptors (Lipinski definition) is 14. The number of aliphatic hydroxyl groups excluding tert-OH is 1. The highest BCUT2D eigenvalue weighted by Gasteiger charge is 2.35. The van der Waals surface area contributed by atoms with Crippen LogP contribution in [-0.2, 0) is 38.4 Å². The van der Waals surface area contributed by atoms with E-state index in [9.17, 15) is 43.5 Å². The Morgan fingerprint density at radius 3 is 1.60 bits per heavy atom. The second-order valence-corrected chi connectivity index (χ2v) is 19.6. The topological polar surface area (TPSA) is 311 Å². The standard InChI is InChI=1S/C25H41N5O4.C24H35N5O6S/c1-14(2)21(24(33)28-16(5)13-31)30-25(34)22(15(3)4)29-23(32)20(26-6)11-17-12-27-19-10-8-7-9-18(17)19;1-13(27-23(34)17(25)12-36-3)22(33)28-19(8-9-21(31)32)24(35)29-20(14(2)30)10-15-11-26-18-7-5-4-6-16(15)18/h7-10,14-17,20-22,26-27,31H,11-13H2,1-6H3,(H,28,33)(H,29,32)(H,30,34);4-7,13,15,17,19-20,26H,8-12,25H2,1-3H3,(H,27,34)(H,28,33)(H,29,35)(H,31,32). The van der Waals surface area contributed by atoms with Gasteiger partial charge in [-0.2, -0.15) is 11.8 Å². The van der Waals surface area contributed by atoms with Gasteiger partial charge < -0.3 is 63.8 Å². The van der Waals surface area contributed by atoms with Crippen LogP contribution in [0.2, 0.25) is 0 Å². The van der Waals surface area contributed by atoms with Crippen molar-refractivity contribution < 1.29 is 48.6 Å². The third kappa shape index (κ3) is 17.9. The minimum Gasteiger partial charge on any atom is -0.481 e. The number of para-hydroxylation sites is 2. The van der Waals surface area contributed by atoms with Crippen molar-refractivity contribution in [1.29, 1.82) is 0 Å². The molecule has 10 unspecified atom stereocenters. The zero-order valence-corrected chi connectivity index (χ0v) is 42.7. The molecule has 0 aliphatic carbocycles. The first-order chi connectivity index (χ1) is 33.1. The van der Waals surface area contributed by atoms with Crippen LogP contribution >= 0.6 is 11.8 Å². The average molecular weight is 997 g/mol. The summed E-state index contributed by atoms with van der Waals surface area (Å²) < 4.78 is 0.